The van der Waals surface area contributed by atoms with Crippen molar-refractivity contribution in [3.05, 3.63) is 24.3 Å². The molecule has 20 heavy (non-hydrogen) atoms. The van der Waals surface area contributed by atoms with Crippen molar-refractivity contribution in [3.63, 3.8) is 0 Å². The first-order valence-corrected chi connectivity index (χ1v) is 7.17. The van der Waals surface area contributed by atoms with E-state index in [9.17, 15) is 4.79 Å². The zero-order valence-electron chi connectivity index (χ0n) is 11.7. The lowest BCUT2D eigenvalue weighted by molar-refractivity contribution is -0.118. The third-order valence-electron chi connectivity index (χ3n) is 3.57. The third-order valence-corrected chi connectivity index (χ3v) is 3.57. The van der Waals surface area contributed by atoms with Gasteiger partial charge in [0.2, 0.25) is 5.91 Å². The molecule has 0 saturated heterocycles. The molecule has 2 atom stereocenters. The maximum absolute atomic E-state index is 10.7. The highest BCUT2D eigenvalue weighted by Crippen LogP contribution is 2.28. The topological polar surface area (TPSA) is 90.4 Å². The Labute approximate surface area is 119 Å². The SMILES string of the molecule is NC(=O)CCOc1ccccc1NC1CCCC(N)C1. The van der Waals surface area contributed by atoms with Gasteiger partial charge in [-0.1, -0.05) is 12.1 Å². The van der Waals surface area contributed by atoms with E-state index >= 15 is 0 Å². The number of para-hydroxylation sites is 2. The number of ether oxygens (including phenoxy) is 1. The summed E-state index contributed by atoms with van der Waals surface area (Å²) in [6, 6.07) is 8.43. The molecule has 5 heteroatoms. The number of primary amides is 1. The van der Waals surface area contributed by atoms with Crippen LogP contribution in [0.3, 0.4) is 0 Å². The van der Waals surface area contributed by atoms with Gasteiger partial charge in [-0.25, -0.2) is 0 Å². The summed E-state index contributed by atoms with van der Waals surface area (Å²) in [6.07, 6.45) is 4.60. The van der Waals surface area contributed by atoms with Gasteiger partial charge in [-0.3, -0.25) is 4.79 Å². The van der Waals surface area contributed by atoms with Crippen LogP contribution in [0, 0.1) is 0 Å². The van der Waals surface area contributed by atoms with E-state index in [1.165, 1.54) is 0 Å². The summed E-state index contributed by atoms with van der Waals surface area (Å²) in [7, 11) is 0. The van der Waals surface area contributed by atoms with E-state index in [2.05, 4.69) is 5.32 Å². The minimum atomic E-state index is -0.353. The van der Waals surface area contributed by atoms with Gasteiger partial charge in [-0.05, 0) is 37.8 Å². The van der Waals surface area contributed by atoms with E-state index in [1.807, 2.05) is 24.3 Å². The summed E-state index contributed by atoms with van der Waals surface area (Å²) in [5.74, 6) is 0.404. The maximum atomic E-state index is 10.7. The first-order valence-electron chi connectivity index (χ1n) is 7.17. The van der Waals surface area contributed by atoms with Crippen molar-refractivity contribution in [1.29, 1.82) is 0 Å². The van der Waals surface area contributed by atoms with Gasteiger partial charge in [0, 0.05) is 12.1 Å². The smallest absolute Gasteiger partial charge is 0.220 e. The largest absolute Gasteiger partial charge is 0.491 e. The van der Waals surface area contributed by atoms with Crippen molar-refractivity contribution < 1.29 is 9.53 Å². The molecule has 1 fully saturated rings. The molecule has 0 aliphatic heterocycles. The molecule has 1 aliphatic carbocycles. The lowest BCUT2D eigenvalue weighted by Gasteiger charge is -2.28. The first-order chi connectivity index (χ1) is 9.65. The third kappa shape index (κ3) is 4.42. The van der Waals surface area contributed by atoms with Crippen LogP contribution in [0.25, 0.3) is 0 Å². The summed E-state index contributed by atoms with van der Waals surface area (Å²) in [6.45, 7) is 0.304. The van der Waals surface area contributed by atoms with Crippen LogP contribution in [0.2, 0.25) is 0 Å². The highest BCUT2D eigenvalue weighted by Gasteiger charge is 2.19. The number of hydrogen-bond acceptors (Lipinski definition) is 4. The van der Waals surface area contributed by atoms with Crippen molar-refractivity contribution in [2.75, 3.05) is 11.9 Å². The van der Waals surface area contributed by atoms with E-state index in [0.29, 0.717) is 12.6 Å². The van der Waals surface area contributed by atoms with Crippen molar-refractivity contribution in [2.45, 2.75) is 44.2 Å². The molecule has 1 aromatic carbocycles. The number of carbonyl (C=O) groups excluding carboxylic acids is 1. The van der Waals surface area contributed by atoms with Crippen LogP contribution in [-0.4, -0.2) is 24.6 Å². The fourth-order valence-corrected chi connectivity index (χ4v) is 2.55. The van der Waals surface area contributed by atoms with Crippen LogP contribution < -0.4 is 21.5 Å². The molecule has 0 heterocycles. The molecule has 5 nitrogen and oxygen atoms in total. The second-order valence-electron chi connectivity index (χ2n) is 5.33. The van der Waals surface area contributed by atoms with E-state index in [0.717, 1.165) is 37.1 Å². The van der Waals surface area contributed by atoms with E-state index < -0.39 is 0 Å². The number of rotatable bonds is 6. The van der Waals surface area contributed by atoms with Gasteiger partial charge in [0.25, 0.3) is 0 Å². The second-order valence-corrected chi connectivity index (χ2v) is 5.33. The fourth-order valence-electron chi connectivity index (χ4n) is 2.55. The molecule has 1 saturated carbocycles. The molecule has 1 aliphatic rings. The van der Waals surface area contributed by atoms with Crippen LogP contribution >= 0.6 is 0 Å². The van der Waals surface area contributed by atoms with Gasteiger partial charge in [-0.2, -0.15) is 0 Å². The Kier molecular flexibility index (Phi) is 5.24. The molecule has 0 aromatic heterocycles. The van der Waals surface area contributed by atoms with Gasteiger partial charge < -0.3 is 21.5 Å². The number of carbonyl (C=O) groups is 1. The Balaban J connectivity index is 1.94. The summed E-state index contributed by atoms with van der Waals surface area (Å²) in [5, 5.41) is 3.50. The van der Waals surface area contributed by atoms with E-state index in [1.54, 1.807) is 0 Å². The molecular weight excluding hydrogens is 254 g/mol. The maximum Gasteiger partial charge on any atom is 0.220 e. The Morgan fingerprint density at radius 2 is 2.15 bits per heavy atom. The van der Waals surface area contributed by atoms with E-state index in [4.69, 9.17) is 16.2 Å². The number of benzene rings is 1. The number of amides is 1. The lowest BCUT2D eigenvalue weighted by atomic mass is 9.91. The number of nitrogens with one attached hydrogen (secondary N) is 1. The Bertz CT molecular complexity index is 450. The van der Waals surface area contributed by atoms with Crippen LogP contribution in [0.15, 0.2) is 24.3 Å². The lowest BCUT2D eigenvalue weighted by Crippen LogP contribution is -2.35. The highest BCUT2D eigenvalue weighted by molar-refractivity contribution is 5.73. The first kappa shape index (κ1) is 14.7. The Hall–Kier alpha value is -1.75. The van der Waals surface area contributed by atoms with Crippen LogP contribution in [0.1, 0.15) is 32.1 Å². The summed E-state index contributed by atoms with van der Waals surface area (Å²) >= 11 is 0. The number of nitrogens with two attached hydrogens (primary N) is 2. The predicted octanol–water partition coefficient (Wildman–Crippen LogP) is 1.62. The molecular formula is C15H23N3O2. The van der Waals surface area contributed by atoms with E-state index in [-0.39, 0.29) is 18.4 Å². The second kappa shape index (κ2) is 7.14. The molecule has 2 unspecified atom stereocenters. The molecule has 1 amide bonds. The molecule has 2 rings (SSSR count). The molecule has 1 aromatic rings. The van der Waals surface area contributed by atoms with Crippen LogP contribution in [-0.2, 0) is 4.79 Å². The normalized spacial score (nSPS) is 22.2. The molecule has 0 spiro atoms. The van der Waals surface area contributed by atoms with Gasteiger partial charge in [0.1, 0.15) is 5.75 Å². The van der Waals surface area contributed by atoms with Crippen LogP contribution in [0.5, 0.6) is 5.75 Å². The minimum absolute atomic E-state index is 0.225. The standard InChI is InChI=1S/C15H23N3O2/c16-11-4-3-5-12(10-11)18-13-6-1-2-7-14(13)20-9-8-15(17)19/h1-2,6-7,11-12,18H,3-5,8-10,16H2,(H2,17,19). The predicted molar refractivity (Wildman–Crippen MR) is 79.6 cm³/mol. The van der Waals surface area contributed by atoms with Crippen molar-refractivity contribution >= 4 is 11.6 Å². The molecule has 0 radical (unpaired) electrons. The van der Waals surface area contributed by atoms with Gasteiger partial charge in [-0.15, -0.1) is 0 Å². The summed E-state index contributed by atoms with van der Waals surface area (Å²) in [5.41, 5.74) is 12.1. The van der Waals surface area contributed by atoms with Crippen molar-refractivity contribution in [2.24, 2.45) is 11.5 Å². The highest BCUT2D eigenvalue weighted by atomic mass is 16.5. The zero-order chi connectivity index (χ0) is 14.4. The molecule has 5 N–H and O–H groups in total. The molecule has 110 valence electrons. The van der Waals surface area contributed by atoms with Crippen molar-refractivity contribution in [3.8, 4) is 5.75 Å². The number of anilines is 1. The molecule has 0 bridgehead atoms. The summed E-state index contributed by atoms with van der Waals surface area (Å²) in [4.78, 5) is 10.7. The fraction of sp³-hybridized carbons (Fsp3) is 0.533. The monoisotopic (exact) mass is 277 g/mol. The Morgan fingerprint density at radius 3 is 2.90 bits per heavy atom. The van der Waals surface area contributed by atoms with Crippen molar-refractivity contribution in [1.82, 2.24) is 0 Å². The number of hydrogen-bond donors (Lipinski definition) is 3. The van der Waals surface area contributed by atoms with Gasteiger partial charge in [0.05, 0.1) is 18.7 Å². The quantitative estimate of drug-likeness (QED) is 0.737. The Morgan fingerprint density at radius 1 is 1.35 bits per heavy atom. The average molecular weight is 277 g/mol. The summed E-state index contributed by atoms with van der Waals surface area (Å²) < 4.78 is 5.62. The zero-order valence-corrected chi connectivity index (χ0v) is 11.7. The van der Waals surface area contributed by atoms with Crippen LogP contribution in [0.4, 0.5) is 5.69 Å². The minimum Gasteiger partial charge on any atom is -0.491 e. The van der Waals surface area contributed by atoms with Gasteiger partial charge >= 0.3 is 0 Å². The van der Waals surface area contributed by atoms with Gasteiger partial charge in [0.15, 0.2) is 0 Å². The average Bonchev–Trinajstić information content (AvgIpc) is 2.40.